The first kappa shape index (κ1) is 27.3. The van der Waals surface area contributed by atoms with Gasteiger partial charge in [0.15, 0.2) is 5.65 Å². The number of benzene rings is 2. The van der Waals surface area contributed by atoms with Crippen molar-refractivity contribution in [3.8, 4) is 5.69 Å². The van der Waals surface area contributed by atoms with Crippen LogP contribution in [0.25, 0.3) is 16.7 Å². The predicted octanol–water partition coefficient (Wildman–Crippen LogP) is 3.46. The van der Waals surface area contributed by atoms with Crippen molar-refractivity contribution < 1.29 is 14.3 Å². The van der Waals surface area contributed by atoms with E-state index in [1.54, 1.807) is 9.58 Å². The Balaban J connectivity index is 1.11. The monoisotopic (exact) mass is 558 g/mol. The minimum Gasteiger partial charge on any atom is -0.388 e. The number of carbonyl (C=O) groups excluding carboxylic acids is 1. The first-order valence-corrected chi connectivity index (χ1v) is 14.4. The van der Waals surface area contributed by atoms with E-state index in [0.717, 1.165) is 25.1 Å². The van der Waals surface area contributed by atoms with Crippen molar-refractivity contribution in [1.82, 2.24) is 29.5 Å². The molecule has 9 nitrogen and oxygen atoms in total. The molecule has 2 aliphatic rings. The number of likely N-dealkylation sites (tertiary alicyclic amines) is 1. The predicted molar refractivity (Wildman–Crippen MR) is 154 cm³/mol. The molecule has 0 spiro atoms. The van der Waals surface area contributed by atoms with Gasteiger partial charge in [-0.25, -0.2) is 14.1 Å². The normalized spacial score (nSPS) is 19.0. The second-order valence-corrected chi connectivity index (χ2v) is 11.3. The lowest BCUT2D eigenvalue weighted by Gasteiger charge is -2.38. The zero-order valence-corrected chi connectivity index (χ0v) is 23.0. The van der Waals surface area contributed by atoms with Gasteiger partial charge in [-0.1, -0.05) is 18.6 Å². The van der Waals surface area contributed by atoms with E-state index in [-0.39, 0.29) is 18.0 Å². The lowest BCUT2D eigenvalue weighted by molar-refractivity contribution is -0.0299. The van der Waals surface area contributed by atoms with Gasteiger partial charge in [0.25, 0.3) is 11.5 Å². The molecule has 1 unspecified atom stereocenters. The lowest BCUT2D eigenvalue weighted by atomic mass is 9.91. The summed E-state index contributed by atoms with van der Waals surface area (Å²) in [4.78, 5) is 32.3. The maximum atomic E-state index is 13.3. The highest BCUT2D eigenvalue weighted by molar-refractivity contribution is 5.94. The molecule has 0 bridgehead atoms. The number of piperidine rings is 2. The SMILES string of the molecule is O=C(c1ccc(F)cc1)N1CCC(O)(Cn2cnc3c(cnn3-c3ccc(CCC4CCCCN4)cc3)c2=O)CC1. The third-order valence-corrected chi connectivity index (χ3v) is 8.47. The van der Waals surface area contributed by atoms with Gasteiger partial charge in [0, 0.05) is 24.7 Å². The Bertz CT molecular complexity index is 1570. The van der Waals surface area contributed by atoms with Gasteiger partial charge in [0.05, 0.1) is 24.0 Å². The standard InChI is InChI=1S/C31H35FN6O3/c32-24-9-7-23(8-10-24)29(39)36-17-14-31(41,15-18-36)20-37-21-34-28-27(30(37)40)19-35-38(28)26-12-5-22(6-13-26)4-11-25-3-1-2-16-33-25/h5-10,12-13,19,21,25,33,41H,1-4,11,14-18,20H2. The number of halogens is 1. The number of amides is 1. The summed E-state index contributed by atoms with van der Waals surface area (Å²) in [6.45, 7) is 1.86. The molecule has 214 valence electrons. The summed E-state index contributed by atoms with van der Waals surface area (Å²) >= 11 is 0. The average Bonchev–Trinajstić information content (AvgIpc) is 3.44. The van der Waals surface area contributed by atoms with Gasteiger partial charge < -0.3 is 15.3 Å². The van der Waals surface area contributed by atoms with E-state index in [0.29, 0.717) is 48.6 Å². The Kier molecular flexibility index (Phi) is 7.68. The Hall–Kier alpha value is -3.89. The van der Waals surface area contributed by atoms with Crippen molar-refractivity contribution in [2.24, 2.45) is 0 Å². The van der Waals surface area contributed by atoms with Crippen LogP contribution in [-0.2, 0) is 13.0 Å². The third kappa shape index (κ3) is 5.94. The highest BCUT2D eigenvalue weighted by Gasteiger charge is 2.35. The van der Waals surface area contributed by atoms with E-state index in [9.17, 15) is 19.1 Å². The Morgan fingerprint density at radius 1 is 1.07 bits per heavy atom. The van der Waals surface area contributed by atoms with Crippen LogP contribution in [0.5, 0.6) is 0 Å². The molecule has 0 radical (unpaired) electrons. The summed E-state index contributed by atoms with van der Waals surface area (Å²) in [5.74, 6) is -0.596. The van der Waals surface area contributed by atoms with Gasteiger partial charge in [0.1, 0.15) is 17.5 Å². The molecule has 1 amide bonds. The molecule has 4 heterocycles. The van der Waals surface area contributed by atoms with E-state index in [2.05, 4.69) is 27.5 Å². The number of nitrogens with zero attached hydrogens (tertiary/aromatic N) is 5. The van der Waals surface area contributed by atoms with Crippen molar-refractivity contribution in [1.29, 1.82) is 0 Å². The average molecular weight is 559 g/mol. The minimum atomic E-state index is -1.16. The van der Waals surface area contributed by atoms with Crippen molar-refractivity contribution in [3.63, 3.8) is 0 Å². The third-order valence-electron chi connectivity index (χ3n) is 8.47. The molecule has 6 rings (SSSR count). The number of nitrogens with one attached hydrogen (secondary N) is 1. The van der Waals surface area contributed by atoms with E-state index in [1.165, 1.54) is 66.2 Å². The second kappa shape index (κ2) is 11.5. The van der Waals surface area contributed by atoms with Gasteiger partial charge in [-0.15, -0.1) is 0 Å². The van der Waals surface area contributed by atoms with Crippen molar-refractivity contribution >= 4 is 16.9 Å². The molecule has 2 N–H and O–H groups in total. The van der Waals surface area contributed by atoms with E-state index < -0.39 is 11.4 Å². The fraction of sp³-hybridized carbons (Fsp3) is 0.419. The molecule has 2 aromatic heterocycles. The fourth-order valence-electron chi connectivity index (χ4n) is 5.94. The van der Waals surface area contributed by atoms with Gasteiger partial charge >= 0.3 is 0 Å². The fourth-order valence-corrected chi connectivity index (χ4v) is 5.94. The molecule has 0 aliphatic carbocycles. The van der Waals surface area contributed by atoms with Crippen LogP contribution in [0.1, 0.15) is 54.4 Å². The van der Waals surface area contributed by atoms with Crippen LogP contribution < -0.4 is 10.9 Å². The van der Waals surface area contributed by atoms with E-state index in [1.807, 2.05) is 12.1 Å². The molecular weight excluding hydrogens is 523 g/mol. The summed E-state index contributed by atoms with van der Waals surface area (Å²) in [5, 5.41) is 19.7. The largest absolute Gasteiger partial charge is 0.388 e. The Morgan fingerprint density at radius 2 is 1.83 bits per heavy atom. The van der Waals surface area contributed by atoms with Gasteiger partial charge in [-0.05, 0) is 87.0 Å². The Labute approximate surface area is 237 Å². The first-order chi connectivity index (χ1) is 19.9. The van der Waals surface area contributed by atoms with Crippen molar-refractivity contribution in [2.45, 2.75) is 63.1 Å². The highest BCUT2D eigenvalue weighted by atomic mass is 19.1. The number of aliphatic hydroxyl groups is 1. The first-order valence-electron chi connectivity index (χ1n) is 14.4. The maximum absolute atomic E-state index is 13.3. The van der Waals surface area contributed by atoms with Crippen LogP contribution in [0.2, 0.25) is 0 Å². The highest BCUT2D eigenvalue weighted by Crippen LogP contribution is 2.25. The smallest absolute Gasteiger partial charge is 0.264 e. The molecule has 2 aromatic carbocycles. The summed E-state index contributed by atoms with van der Waals surface area (Å²) in [6.07, 6.45) is 9.56. The number of hydrogen-bond donors (Lipinski definition) is 2. The number of aryl methyl sites for hydroxylation is 1. The summed E-state index contributed by atoms with van der Waals surface area (Å²) in [7, 11) is 0. The number of hydrogen-bond acceptors (Lipinski definition) is 6. The lowest BCUT2D eigenvalue weighted by Crippen LogP contribution is -2.49. The van der Waals surface area contributed by atoms with Crippen molar-refractivity contribution in [2.75, 3.05) is 19.6 Å². The van der Waals surface area contributed by atoms with Crippen LogP contribution in [0.15, 0.2) is 65.8 Å². The van der Waals surface area contributed by atoms with Crippen LogP contribution in [-0.4, -0.2) is 66.5 Å². The molecular formula is C31H35FN6O3. The molecule has 41 heavy (non-hydrogen) atoms. The minimum absolute atomic E-state index is 0.0725. The summed E-state index contributed by atoms with van der Waals surface area (Å²) in [5.41, 5.74) is 1.56. The molecule has 1 atom stereocenters. The van der Waals surface area contributed by atoms with Crippen LogP contribution >= 0.6 is 0 Å². The topological polar surface area (TPSA) is 105 Å². The molecule has 2 aliphatic heterocycles. The molecule has 0 saturated carbocycles. The van der Waals surface area contributed by atoms with E-state index in [4.69, 9.17) is 0 Å². The zero-order valence-electron chi connectivity index (χ0n) is 23.0. The summed E-state index contributed by atoms with van der Waals surface area (Å²) < 4.78 is 16.3. The second-order valence-electron chi connectivity index (χ2n) is 11.3. The number of aromatic nitrogens is 4. The van der Waals surface area contributed by atoms with Crippen LogP contribution in [0, 0.1) is 5.82 Å². The van der Waals surface area contributed by atoms with Gasteiger partial charge in [0.2, 0.25) is 0 Å². The van der Waals surface area contributed by atoms with Crippen LogP contribution in [0.3, 0.4) is 0 Å². The number of fused-ring (bicyclic) bond motifs is 1. The maximum Gasteiger partial charge on any atom is 0.264 e. The number of rotatable bonds is 7. The molecule has 2 saturated heterocycles. The quantitative estimate of drug-likeness (QED) is 0.360. The van der Waals surface area contributed by atoms with Gasteiger partial charge in [-0.3, -0.25) is 14.2 Å². The van der Waals surface area contributed by atoms with Crippen molar-refractivity contribution in [3.05, 3.63) is 88.4 Å². The summed E-state index contributed by atoms with van der Waals surface area (Å²) in [6, 6.07) is 14.3. The zero-order chi connectivity index (χ0) is 28.4. The Morgan fingerprint density at radius 3 is 2.54 bits per heavy atom. The molecule has 2 fully saturated rings. The molecule has 4 aromatic rings. The van der Waals surface area contributed by atoms with Gasteiger partial charge in [-0.2, -0.15) is 5.10 Å². The van der Waals surface area contributed by atoms with Crippen LogP contribution in [0.4, 0.5) is 4.39 Å². The molecule has 10 heteroatoms. The number of carbonyl (C=O) groups is 1. The van der Waals surface area contributed by atoms with E-state index >= 15 is 0 Å².